The average molecular weight is 547 g/mol. The van der Waals surface area contributed by atoms with E-state index in [9.17, 15) is 4.79 Å². The minimum atomic E-state index is -1.25. The zero-order chi connectivity index (χ0) is 26.4. The van der Waals surface area contributed by atoms with Crippen molar-refractivity contribution in [3.8, 4) is 0 Å². The molecule has 0 aromatic heterocycles. The van der Waals surface area contributed by atoms with Crippen LogP contribution in [0.3, 0.4) is 0 Å². The molecule has 0 radical (unpaired) electrons. The fourth-order valence-electron chi connectivity index (χ4n) is 7.80. The van der Waals surface area contributed by atoms with E-state index in [-0.39, 0.29) is 15.5 Å². The summed E-state index contributed by atoms with van der Waals surface area (Å²) in [7, 11) is 1.75. The van der Waals surface area contributed by atoms with E-state index in [0.717, 1.165) is 39.0 Å². The maximum atomic E-state index is 12.9. The SMILES string of the molecule is CC1(C)CC(=O)CC(C)(C)P1c1ccc(C[Si](C)(C)C)cc1C(P)(C1CCCNC1)C1CCCNC1. The van der Waals surface area contributed by atoms with Gasteiger partial charge in [-0.15, -0.1) is 9.24 Å². The number of hydrogen-bond acceptors (Lipinski definition) is 3. The lowest BCUT2D eigenvalue weighted by atomic mass is 9.70. The van der Waals surface area contributed by atoms with E-state index >= 15 is 0 Å². The third-order valence-corrected chi connectivity index (χ3v) is 15.2. The summed E-state index contributed by atoms with van der Waals surface area (Å²) in [5.74, 6) is 1.69. The summed E-state index contributed by atoms with van der Waals surface area (Å²) >= 11 is 0. The van der Waals surface area contributed by atoms with Gasteiger partial charge in [0.25, 0.3) is 0 Å². The molecule has 4 rings (SSSR count). The number of carbonyl (C=O) groups excluding carboxylic acids is 1. The van der Waals surface area contributed by atoms with Crippen molar-refractivity contribution >= 4 is 36.3 Å². The largest absolute Gasteiger partial charge is 0.316 e. The molecule has 3 heterocycles. The van der Waals surface area contributed by atoms with Crippen LogP contribution in [0.1, 0.15) is 77.3 Å². The third kappa shape index (κ3) is 6.04. The van der Waals surface area contributed by atoms with E-state index in [1.165, 1.54) is 37.3 Å². The molecule has 202 valence electrons. The van der Waals surface area contributed by atoms with Crippen LogP contribution in [0.5, 0.6) is 0 Å². The number of nitrogens with one attached hydrogen (secondary N) is 2. The van der Waals surface area contributed by atoms with Gasteiger partial charge in [-0.2, -0.15) is 0 Å². The van der Waals surface area contributed by atoms with Gasteiger partial charge in [-0.3, -0.25) is 4.79 Å². The molecule has 3 fully saturated rings. The van der Waals surface area contributed by atoms with Crippen molar-refractivity contribution in [1.82, 2.24) is 10.6 Å². The molecule has 3 atom stereocenters. The predicted molar refractivity (Wildman–Crippen MR) is 165 cm³/mol. The van der Waals surface area contributed by atoms with Crippen LogP contribution in [-0.2, 0) is 16.0 Å². The van der Waals surface area contributed by atoms with Crippen LogP contribution >= 0.6 is 17.2 Å². The molecule has 3 saturated heterocycles. The molecule has 6 heteroatoms. The Hall–Kier alpha value is -0.113. The minimum absolute atomic E-state index is 0.0183. The van der Waals surface area contributed by atoms with E-state index in [2.05, 4.69) is 85.4 Å². The van der Waals surface area contributed by atoms with E-state index in [4.69, 9.17) is 0 Å². The van der Waals surface area contributed by atoms with Crippen LogP contribution in [0, 0.1) is 11.8 Å². The Balaban J connectivity index is 1.93. The highest BCUT2D eigenvalue weighted by Gasteiger charge is 2.51. The third-order valence-electron chi connectivity index (χ3n) is 8.92. The predicted octanol–water partition coefficient (Wildman–Crippen LogP) is 6.20. The zero-order valence-corrected chi connectivity index (χ0v) is 27.1. The standard InChI is InChI=1S/C30H52N2OP2Si/c1-28(2)17-25(33)18-29(3,4)35(28)27-13-12-22(21-36(5,6)7)16-26(27)30(34,23-10-8-14-31-19-23)24-11-9-15-32-20-24/h12-13,16,23-24,31-32H,8-11,14-15,17-21,34H2,1-7H3. The molecular weight excluding hydrogens is 494 g/mol. The number of rotatable bonds is 6. The molecule has 0 saturated carbocycles. The highest BCUT2D eigenvalue weighted by molar-refractivity contribution is 7.69. The van der Waals surface area contributed by atoms with E-state index < -0.39 is 16.0 Å². The van der Waals surface area contributed by atoms with Gasteiger partial charge in [0, 0.05) is 26.1 Å². The summed E-state index contributed by atoms with van der Waals surface area (Å²) in [6.07, 6.45) is 6.58. The van der Waals surface area contributed by atoms with Crippen LogP contribution in [0.4, 0.5) is 0 Å². The van der Waals surface area contributed by atoms with Gasteiger partial charge in [0.15, 0.2) is 0 Å². The Kier molecular flexibility index (Phi) is 8.67. The van der Waals surface area contributed by atoms with Gasteiger partial charge in [0.2, 0.25) is 0 Å². The van der Waals surface area contributed by atoms with Crippen molar-refractivity contribution in [2.24, 2.45) is 11.8 Å². The molecule has 0 spiro atoms. The molecule has 3 unspecified atom stereocenters. The molecular formula is C30H52N2OP2Si. The highest BCUT2D eigenvalue weighted by atomic mass is 31.1. The minimum Gasteiger partial charge on any atom is -0.316 e. The van der Waals surface area contributed by atoms with Crippen LogP contribution in [-0.4, -0.2) is 50.3 Å². The van der Waals surface area contributed by atoms with Crippen LogP contribution in [0.15, 0.2) is 18.2 Å². The van der Waals surface area contributed by atoms with E-state index in [1.807, 2.05) is 0 Å². The van der Waals surface area contributed by atoms with Gasteiger partial charge in [-0.1, -0.05) is 79.0 Å². The molecule has 3 nitrogen and oxygen atoms in total. The van der Waals surface area contributed by atoms with Crippen molar-refractivity contribution in [1.29, 1.82) is 0 Å². The molecule has 0 amide bonds. The summed E-state index contributed by atoms with van der Waals surface area (Å²) in [6.45, 7) is 21.5. The van der Waals surface area contributed by atoms with E-state index in [1.54, 1.807) is 10.9 Å². The maximum absolute atomic E-state index is 12.9. The number of hydrogen-bond donors (Lipinski definition) is 2. The molecule has 36 heavy (non-hydrogen) atoms. The lowest BCUT2D eigenvalue weighted by Gasteiger charge is -2.53. The van der Waals surface area contributed by atoms with Crippen LogP contribution < -0.4 is 15.9 Å². The number of carbonyl (C=O) groups is 1. The van der Waals surface area contributed by atoms with Crippen molar-refractivity contribution in [2.45, 2.75) is 107 Å². The van der Waals surface area contributed by atoms with Crippen molar-refractivity contribution in [3.63, 3.8) is 0 Å². The summed E-state index contributed by atoms with van der Waals surface area (Å²) in [6, 6.07) is 8.90. The van der Waals surface area contributed by atoms with Gasteiger partial charge >= 0.3 is 0 Å². The Morgan fingerprint density at radius 1 is 0.972 bits per heavy atom. The van der Waals surface area contributed by atoms with Gasteiger partial charge in [-0.25, -0.2) is 0 Å². The van der Waals surface area contributed by atoms with Crippen molar-refractivity contribution in [2.75, 3.05) is 26.2 Å². The van der Waals surface area contributed by atoms with E-state index in [0.29, 0.717) is 17.6 Å². The van der Waals surface area contributed by atoms with Crippen molar-refractivity contribution < 1.29 is 4.79 Å². The molecule has 1 aromatic rings. The molecule has 0 bridgehead atoms. The summed E-state index contributed by atoms with van der Waals surface area (Å²) in [5, 5.41) is 9.24. The fraction of sp³-hybridized carbons (Fsp3) is 0.767. The summed E-state index contributed by atoms with van der Waals surface area (Å²) in [4.78, 5) is 12.9. The quantitative estimate of drug-likeness (QED) is 0.330. The lowest BCUT2D eigenvalue weighted by molar-refractivity contribution is -0.120. The fourth-order valence-corrected chi connectivity index (χ4v) is 14.5. The van der Waals surface area contributed by atoms with Gasteiger partial charge < -0.3 is 10.6 Å². The molecule has 1 aromatic carbocycles. The maximum Gasteiger partial charge on any atom is 0.134 e. The molecule has 3 aliphatic rings. The summed E-state index contributed by atoms with van der Waals surface area (Å²) in [5.41, 5.74) is 3.15. The Bertz CT molecular complexity index is 905. The number of benzene rings is 1. The lowest BCUT2D eigenvalue weighted by Crippen LogP contribution is -2.52. The Morgan fingerprint density at radius 2 is 1.50 bits per heavy atom. The average Bonchev–Trinajstić information content (AvgIpc) is 2.77. The number of ketones is 1. The first-order valence-electron chi connectivity index (χ1n) is 14.4. The van der Waals surface area contributed by atoms with Crippen LogP contribution in [0.2, 0.25) is 19.6 Å². The van der Waals surface area contributed by atoms with Crippen LogP contribution in [0.25, 0.3) is 0 Å². The normalized spacial score (nSPS) is 29.1. The zero-order valence-electron chi connectivity index (χ0n) is 24.1. The second kappa shape index (κ2) is 10.8. The topological polar surface area (TPSA) is 41.1 Å². The first-order valence-corrected chi connectivity index (χ1v) is 20.0. The van der Waals surface area contributed by atoms with Gasteiger partial charge in [0.1, 0.15) is 5.78 Å². The monoisotopic (exact) mass is 546 g/mol. The van der Waals surface area contributed by atoms with Crippen molar-refractivity contribution in [3.05, 3.63) is 29.3 Å². The highest BCUT2D eigenvalue weighted by Crippen LogP contribution is 2.66. The molecule has 3 aliphatic heterocycles. The molecule has 2 N–H and O–H groups in total. The summed E-state index contributed by atoms with van der Waals surface area (Å²) < 4.78 is 0. The van der Waals surface area contributed by atoms with Gasteiger partial charge in [0.05, 0.1) is 0 Å². The smallest absolute Gasteiger partial charge is 0.134 e. The number of piperidine rings is 2. The first-order chi connectivity index (χ1) is 16.7. The first kappa shape index (κ1) is 28.9. The van der Waals surface area contributed by atoms with Gasteiger partial charge in [-0.05, 0) is 90.9 Å². The second-order valence-electron chi connectivity index (χ2n) is 14.5. The number of Topliss-reactive ketones (excluding diaryl/α,β-unsaturated/α-hetero) is 1. The Labute approximate surface area is 226 Å². The second-order valence-corrected chi connectivity index (χ2v) is 24.5. The molecule has 0 aliphatic carbocycles. The Morgan fingerprint density at radius 3 is 1.94 bits per heavy atom.